The number of anilines is 1. The number of allylic oxidation sites excluding steroid dienone is 2. The predicted molar refractivity (Wildman–Crippen MR) is 119 cm³/mol. The molecule has 0 saturated heterocycles. The minimum atomic E-state index is -0.899. The zero-order valence-corrected chi connectivity index (χ0v) is 18.5. The number of hydrogen-bond donors (Lipinski definition) is 3. The second kappa shape index (κ2) is 8.41. The van der Waals surface area contributed by atoms with Crippen molar-refractivity contribution in [2.75, 3.05) is 5.32 Å². The summed E-state index contributed by atoms with van der Waals surface area (Å²) >= 11 is 1.51. The van der Waals surface area contributed by atoms with Crippen LogP contribution >= 0.6 is 11.3 Å². The van der Waals surface area contributed by atoms with Gasteiger partial charge in [-0.1, -0.05) is 25.0 Å². The van der Waals surface area contributed by atoms with Crippen LogP contribution < -0.4 is 10.6 Å². The van der Waals surface area contributed by atoms with Crippen molar-refractivity contribution in [1.82, 2.24) is 5.32 Å². The number of amides is 2. The van der Waals surface area contributed by atoms with Crippen molar-refractivity contribution in [1.29, 1.82) is 0 Å². The van der Waals surface area contributed by atoms with Crippen molar-refractivity contribution in [3.63, 3.8) is 0 Å². The third-order valence-electron chi connectivity index (χ3n) is 7.66. The number of aryl methyl sites for hydroxylation is 1. The highest BCUT2D eigenvalue weighted by molar-refractivity contribution is 7.17. The number of thiophene rings is 1. The molecule has 7 heteroatoms. The summed E-state index contributed by atoms with van der Waals surface area (Å²) in [6.07, 6.45) is 13.9. The highest BCUT2D eigenvalue weighted by Crippen LogP contribution is 2.46. The van der Waals surface area contributed by atoms with Crippen molar-refractivity contribution >= 4 is 34.1 Å². The molecule has 2 fully saturated rings. The molecule has 5 aliphatic carbocycles. The Morgan fingerprint density at radius 1 is 0.903 bits per heavy atom. The Kier molecular flexibility index (Phi) is 5.63. The van der Waals surface area contributed by atoms with E-state index in [4.69, 9.17) is 0 Å². The number of carbonyl (C=O) groups excluding carboxylic acids is 2. The second-order valence-corrected chi connectivity index (χ2v) is 10.6. The molecule has 166 valence electrons. The largest absolute Gasteiger partial charge is 0.481 e. The van der Waals surface area contributed by atoms with Crippen LogP contribution in [0.25, 0.3) is 0 Å². The number of carboxylic acid groups (broad SMARTS) is 1. The second-order valence-electron chi connectivity index (χ2n) is 9.54. The van der Waals surface area contributed by atoms with E-state index >= 15 is 0 Å². The lowest BCUT2D eigenvalue weighted by molar-refractivity contribution is -0.151. The summed E-state index contributed by atoms with van der Waals surface area (Å²) in [4.78, 5) is 39.8. The van der Waals surface area contributed by atoms with E-state index in [0.717, 1.165) is 69.8 Å². The fraction of sp³-hybridized carbons (Fsp3) is 0.625. The minimum Gasteiger partial charge on any atom is -0.481 e. The molecule has 0 unspecified atom stereocenters. The van der Waals surface area contributed by atoms with Crippen LogP contribution in [-0.2, 0) is 22.4 Å². The molecular weight excluding hydrogens is 412 g/mol. The summed E-state index contributed by atoms with van der Waals surface area (Å²) in [6.45, 7) is 0. The van der Waals surface area contributed by atoms with Crippen LogP contribution in [0.1, 0.15) is 72.2 Å². The summed E-state index contributed by atoms with van der Waals surface area (Å²) in [6, 6.07) is 0.214. The highest BCUT2D eigenvalue weighted by atomic mass is 32.1. The molecule has 1 aromatic rings. The number of rotatable bonds is 5. The Bertz CT molecular complexity index is 930. The lowest BCUT2D eigenvalue weighted by atomic mass is 9.62. The zero-order chi connectivity index (χ0) is 21.5. The Balaban J connectivity index is 1.42. The maximum absolute atomic E-state index is 13.4. The summed E-state index contributed by atoms with van der Waals surface area (Å²) in [7, 11) is 0. The first kappa shape index (κ1) is 20.7. The SMILES string of the molecule is O=C(NC1CCCC1)c1c(NC(=O)[C@@H]2[C@H](C(=O)O)[C@H]3C=C[C@H]2CC3)sc2c1CCCC2. The third kappa shape index (κ3) is 3.81. The normalized spacial score (nSPS) is 29.5. The molecule has 5 aliphatic rings. The smallest absolute Gasteiger partial charge is 0.307 e. The number of fused-ring (bicyclic) bond motifs is 3. The van der Waals surface area contributed by atoms with Gasteiger partial charge in [-0.25, -0.2) is 0 Å². The van der Waals surface area contributed by atoms with Gasteiger partial charge >= 0.3 is 5.97 Å². The van der Waals surface area contributed by atoms with Crippen LogP contribution in [0.3, 0.4) is 0 Å². The standard InChI is InChI=1S/C24H30N2O4S/c27-21(18-13-9-11-14(12-10-13)19(18)24(29)30)26-23-20(16-7-3-4-8-17(16)31-23)22(28)25-15-5-1-2-6-15/h9,11,13-15,18-19H,1-8,10,12H2,(H,25,28)(H,26,27)(H,29,30)/t13-,14-,18-,19+/m0/s1. The summed E-state index contributed by atoms with van der Waals surface area (Å²) in [5.74, 6) is -2.62. The molecule has 2 saturated carbocycles. The fourth-order valence-electron chi connectivity index (χ4n) is 6.11. The molecule has 0 radical (unpaired) electrons. The number of carbonyl (C=O) groups is 3. The first-order valence-corrected chi connectivity index (χ1v) is 12.5. The predicted octanol–water partition coefficient (Wildman–Crippen LogP) is 4.15. The maximum atomic E-state index is 13.4. The Morgan fingerprint density at radius 3 is 2.26 bits per heavy atom. The van der Waals surface area contributed by atoms with Gasteiger partial charge in [-0.3, -0.25) is 14.4 Å². The van der Waals surface area contributed by atoms with Gasteiger partial charge in [0.15, 0.2) is 0 Å². The van der Waals surface area contributed by atoms with E-state index in [1.807, 2.05) is 12.2 Å². The van der Waals surface area contributed by atoms with Gasteiger partial charge in [0, 0.05) is 10.9 Å². The molecule has 1 aromatic heterocycles. The molecule has 4 atom stereocenters. The summed E-state index contributed by atoms with van der Waals surface area (Å²) in [5, 5.41) is 16.6. The van der Waals surface area contributed by atoms with Crippen LogP contribution in [0.15, 0.2) is 12.2 Å². The lowest BCUT2D eigenvalue weighted by Crippen LogP contribution is -2.47. The van der Waals surface area contributed by atoms with Crippen molar-refractivity contribution < 1.29 is 19.5 Å². The Labute approximate surface area is 186 Å². The average molecular weight is 443 g/mol. The maximum Gasteiger partial charge on any atom is 0.307 e. The quantitative estimate of drug-likeness (QED) is 0.597. The van der Waals surface area contributed by atoms with E-state index in [-0.39, 0.29) is 29.7 Å². The highest BCUT2D eigenvalue weighted by Gasteiger charge is 2.48. The van der Waals surface area contributed by atoms with Gasteiger partial charge in [0.05, 0.1) is 17.4 Å². The molecule has 0 aromatic carbocycles. The van der Waals surface area contributed by atoms with E-state index in [1.165, 1.54) is 16.2 Å². The van der Waals surface area contributed by atoms with Crippen LogP contribution in [-0.4, -0.2) is 28.9 Å². The first-order valence-electron chi connectivity index (χ1n) is 11.7. The van der Waals surface area contributed by atoms with E-state index in [2.05, 4.69) is 10.6 Å². The van der Waals surface area contributed by atoms with Crippen LogP contribution in [0.2, 0.25) is 0 Å². The van der Waals surface area contributed by atoms with E-state index in [1.54, 1.807) is 0 Å². The van der Waals surface area contributed by atoms with Crippen LogP contribution in [0.5, 0.6) is 0 Å². The van der Waals surface area contributed by atoms with Gasteiger partial charge in [-0.05, 0) is 68.8 Å². The fourth-order valence-corrected chi connectivity index (χ4v) is 7.39. The van der Waals surface area contributed by atoms with Gasteiger partial charge in [0.25, 0.3) is 5.91 Å². The summed E-state index contributed by atoms with van der Waals surface area (Å²) < 4.78 is 0. The van der Waals surface area contributed by atoms with Gasteiger partial charge in [-0.2, -0.15) is 0 Å². The van der Waals surface area contributed by atoms with Gasteiger partial charge in [0.1, 0.15) is 5.00 Å². The topological polar surface area (TPSA) is 95.5 Å². The Morgan fingerprint density at radius 2 is 1.58 bits per heavy atom. The van der Waals surface area contributed by atoms with E-state index in [0.29, 0.717) is 10.6 Å². The molecule has 6 rings (SSSR count). The van der Waals surface area contributed by atoms with Crippen molar-refractivity contribution in [2.45, 2.75) is 70.3 Å². The molecule has 3 N–H and O–H groups in total. The van der Waals surface area contributed by atoms with Crippen molar-refractivity contribution in [2.24, 2.45) is 23.7 Å². The number of carboxylic acids is 1. The first-order chi connectivity index (χ1) is 15.0. The Hall–Kier alpha value is -2.15. The molecule has 2 bridgehead atoms. The average Bonchev–Trinajstić information content (AvgIpc) is 3.40. The van der Waals surface area contributed by atoms with Gasteiger partial charge in [-0.15, -0.1) is 11.3 Å². The minimum absolute atomic E-state index is 0.0450. The van der Waals surface area contributed by atoms with E-state index < -0.39 is 17.8 Å². The molecule has 2 amide bonds. The number of hydrogen-bond acceptors (Lipinski definition) is 4. The monoisotopic (exact) mass is 442 g/mol. The molecule has 0 spiro atoms. The van der Waals surface area contributed by atoms with Crippen LogP contribution in [0.4, 0.5) is 5.00 Å². The molecular formula is C24H30N2O4S. The zero-order valence-electron chi connectivity index (χ0n) is 17.7. The number of nitrogens with one attached hydrogen (secondary N) is 2. The number of aliphatic carboxylic acids is 1. The van der Waals surface area contributed by atoms with Gasteiger partial charge < -0.3 is 15.7 Å². The lowest BCUT2D eigenvalue weighted by Gasteiger charge is -2.41. The molecule has 1 heterocycles. The van der Waals surface area contributed by atoms with Crippen molar-refractivity contribution in [3.05, 3.63) is 28.2 Å². The molecule has 6 nitrogen and oxygen atoms in total. The molecule has 0 aliphatic heterocycles. The van der Waals surface area contributed by atoms with Gasteiger partial charge in [0.2, 0.25) is 5.91 Å². The van der Waals surface area contributed by atoms with E-state index in [9.17, 15) is 19.5 Å². The third-order valence-corrected chi connectivity index (χ3v) is 8.87. The van der Waals surface area contributed by atoms with Crippen molar-refractivity contribution in [3.8, 4) is 0 Å². The molecule has 31 heavy (non-hydrogen) atoms. The van der Waals surface area contributed by atoms with Crippen LogP contribution in [0, 0.1) is 23.7 Å². The summed E-state index contributed by atoms with van der Waals surface area (Å²) in [5.41, 5.74) is 1.71.